The van der Waals surface area contributed by atoms with Crippen LogP contribution in [0.4, 0.5) is 5.69 Å². The number of carbonyl (C=O) groups excluding carboxylic acids is 1. The summed E-state index contributed by atoms with van der Waals surface area (Å²) in [5, 5.41) is 9.19. The van der Waals surface area contributed by atoms with E-state index < -0.39 is 5.97 Å². The molecular formula is C32H29N3O3. The zero-order valence-corrected chi connectivity index (χ0v) is 21.5. The minimum atomic E-state index is -1.14. The fourth-order valence-electron chi connectivity index (χ4n) is 4.89. The van der Waals surface area contributed by atoms with Gasteiger partial charge in [0.2, 0.25) is 5.78 Å². The van der Waals surface area contributed by atoms with Crippen LogP contribution in [0.15, 0.2) is 97.3 Å². The standard InChI is InChI=1S/C17H16N2O3.C15H13N/c1-19-9-3-4-11-10-12(6-7-14(11)19)16(20)15-13(17(21)22)5-2-8-18-15;1-12-6-5-9-15-10-14(11-16(12)15)13-7-3-2-4-8-13/h2,5-8,10H,3-4,9H2,1H3,(H,21,22);2-11H,1H3. The van der Waals surface area contributed by atoms with E-state index in [-0.39, 0.29) is 17.0 Å². The van der Waals surface area contributed by atoms with Crippen molar-refractivity contribution in [1.29, 1.82) is 0 Å². The first-order valence-electron chi connectivity index (χ1n) is 12.6. The first-order valence-corrected chi connectivity index (χ1v) is 12.6. The zero-order chi connectivity index (χ0) is 26.6. The van der Waals surface area contributed by atoms with Crippen LogP contribution >= 0.6 is 0 Å². The molecule has 0 saturated carbocycles. The van der Waals surface area contributed by atoms with E-state index in [9.17, 15) is 14.7 Å². The molecule has 0 bridgehead atoms. The molecule has 1 N–H and O–H groups in total. The lowest BCUT2D eigenvalue weighted by Gasteiger charge is -2.27. The number of hydrogen-bond acceptors (Lipinski definition) is 4. The van der Waals surface area contributed by atoms with Crippen molar-refractivity contribution < 1.29 is 14.7 Å². The molecule has 6 nitrogen and oxygen atoms in total. The van der Waals surface area contributed by atoms with Gasteiger partial charge in [-0.25, -0.2) is 4.79 Å². The van der Waals surface area contributed by atoms with Crippen LogP contribution in [0.1, 0.15) is 44.1 Å². The van der Waals surface area contributed by atoms with Gasteiger partial charge in [0, 0.05) is 54.0 Å². The Balaban J connectivity index is 0.000000162. The third kappa shape index (κ3) is 5.06. The number of anilines is 1. The molecule has 3 aromatic heterocycles. The highest BCUT2D eigenvalue weighted by atomic mass is 16.4. The maximum absolute atomic E-state index is 12.6. The van der Waals surface area contributed by atoms with Crippen LogP contribution in [0.3, 0.4) is 0 Å². The van der Waals surface area contributed by atoms with Crippen molar-refractivity contribution in [2.75, 3.05) is 18.5 Å². The lowest BCUT2D eigenvalue weighted by molar-refractivity contribution is 0.0692. The van der Waals surface area contributed by atoms with E-state index in [4.69, 9.17) is 0 Å². The lowest BCUT2D eigenvalue weighted by atomic mass is 9.96. The molecule has 0 atom stereocenters. The van der Waals surface area contributed by atoms with Crippen molar-refractivity contribution in [3.05, 3.63) is 125 Å². The van der Waals surface area contributed by atoms with Gasteiger partial charge in [-0.3, -0.25) is 9.78 Å². The third-order valence-corrected chi connectivity index (χ3v) is 6.89. The number of fused-ring (bicyclic) bond motifs is 2. The quantitative estimate of drug-likeness (QED) is 0.291. The number of aryl methyl sites for hydroxylation is 2. The van der Waals surface area contributed by atoms with E-state index in [0.717, 1.165) is 30.6 Å². The largest absolute Gasteiger partial charge is 0.478 e. The molecule has 5 aromatic rings. The van der Waals surface area contributed by atoms with Gasteiger partial charge in [0.1, 0.15) is 5.69 Å². The average molecular weight is 504 g/mol. The molecular weight excluding hydrogens is 474 g/mol. The first kappa shape index (κ1) is 25.0. The highest BCUT2D eigenvalue weighted by molar-refractivity contribution is 6.13. The molecule has 190 valence electrons. The molecule has 0 fully saturated rings. The molecule has 0 radical (unpaired) electrons. The van der Waals surface area contributed by atoms with Gasteiger partial charge < -0.3 is 14.4 Å². The van der Waals surface area contributed by atoms with Crippen LogP contribution in [-0.2, 0) is 6.42 Å². The maximum atomic E-state index is 12.6. The van der Waals surface area contributed by atoms with Crippen molar-refractivity contribution in [2.24, 2.45) is 0 Å². The monoisotopic (exact) mass is 503 g/mol. The smallest absolute Gasteiger partial charge is 0.338 e. The van der Waals surface area contributed by atoms with Crippen molar-refractivity contribution in [2.45, 2.75) is 19.8 Å². The number of hydrogen-bond donors (Lipinski definition) is 1. The number of pyridine rings is 2. The number of aromatic nitrogens is 2. The Labute approximate surface area is 221 Å². The Morgan fingerprint density at radius 3 is 2.47 bits per heavy atom. The van der Waals surface area contributed by atoms with Gasteiger partial charge in [0.15, 0.2) is 0 Å². The number of carbonyl (C=O) groups is 2. The van der Waals surface area contributed by atoms with Crippen LogP contribution in [0.25, 0.3) is 16.6 Å². The van der Waals surface area contributed by atoms with Crippen molar-refractivity contribution >= 4 is 23.0 Å². The van der Waals surface area contributed by atoms with Crippen LogP contribution in [-0.4, -0.2) is 39.8 Å². The Bertz CT molecular complexity index is 1620. The summed E-state index contributed by atoms with van der Waals surface area (Å²) in [5.74, 6) is -1.50. The number of aromatic carboxylic acids is 1. The average Bonchev–Trinajstić information content (AvgIpc) is 3.39. The second-order valence-corrected chi connectivity index (χ2v) is 9.46. The Hall–Kier alpha value is -4.71. The Morgan fingerprint density at radius 2 is 1.71 bits per heavy atom. The van der Waals surface area contributed by atoms with Crippen molar-refractivity contribution in [1.82, 2.24) is 9.38 Å². The van der Waals surface area contributed by atoms with Crippen LogP contribution < -0.4 is 4.90 Å². The highest BCUT2D eigenvalue weighted by Crippen LogP contribution is 2.28. The molecule has 38 heavy (non-hydrogen) atoms. The number of nitrogens with zero attached hydrogens (tertiary/aromatic N) is 3. The van der Waals surface area contributed by atoms with Gasteiger partial charge in [-0.2, -0.15) is 0 Å². The SMILES string of the molecule is CN1CCCc2cc(C(=O)c3ncccc3C(=O)O)ccc21.Cc1cccc2cc(-c3ccccc3)cn12. The van der Waals surface area contributed by atoms with E-state index in [1.165, 1.54) is 40.7 Å². The fourth-order valence-corrected chi connectivity index (χ4v) is 4.89. The number of carboxylic acid groups (broad SMARTS) is 1. The van der Waals surface area contributed by atoms with E-state index in [2.05, 4.69) is 75.9 Å². The maximum Gasteiger partial charge on any atom is 0.338 e. The molecule has 0 aliphatic carbocycles. The van der Waals surface area contributed by atoms with Gasteiger partial charge >= 0.3 is 5.97 Å². The minimum absolute atomic E-state index is 0.0147. The van der Waals surface area contributed by atoms with E-state index >= 15 is 0 Å². The number of benzene rings is 2. The third-order valence-electron chi connectivity index (χ3n) is 6.89. The second kappa shape index (κ2) is 10.7. The van der Waals surface area contributed by atoms with Crippen LogP contribution in [0, 0.1) is 6.92 Å². The molecule has 1 aliphatic heterocycles. The van der Waals surface area contributed by atoms with Gasteiger partial charge in [0.05, 0.1) is 5.56 Å². The lowest BCUT2D eigenvalue weighted by Crippen LogP contribution is -2.25. The summed E-state index contributed by atoms with van der Waals surface area (Å²) in [6.07, 6.45) is 5.60. The summed E-state index contributed by atoms with van der Waals surface area (Å²) in [7, 11) is 2.03. The molecule has 2 aromatic carbocycles. The summed E-state index contributed by atoms with van der Waals surface area (Å²) in [4.78, 5) is 30.0. The van der Waals surface area contributed by atoms with Crippen molar-refractivity contribution in [3.63, 3.8) is 0 Å². The van der Waals surface area contributed by atoms with Gasteiger partial charge in [-0.15, -0.1) is 0 Å². The van der Waals surface area contributed by atoms with Crippen molar-refractivity contribution in [3.8, 4) is 11.1 Å². The summed E-state index contributed by atoms with van der Waals surface area (Å²) in [6.45, 7) is 3.13. The first-order chi connectivity index (χ1) is 18.4. The normalized spacial score (nSPS) is 12.4. The summed E-state index contributed by atoms with van der Waals surface area (Å²) in [6, 6.07) is 27.5. The van der Waals surface area contributed by atoms with E-state index in [1.807, 2.05) is 25.2 Å². The number of carboxylic acids is 1. The Morgan fingerprint density at radius 1 is 0.895 bits per heavy atom. The summed E-state index contributed by atoms with van der Waals surface area (Å²) < 4.78 is 2.22. The summed E-state index contributed by atoms with van der Waals surface area (Å²) >= 11 is 0. The van der Waals surface area contributed by atoms with Gasteiger partial charge in [-0.1, -0.05) is 36.4 Å². The summed E-state index contributed by atoms with van der Waals surface area (Å²) in [5.41, 5.74) is 7.70. The van der Waals surface area contributed by atoms with Crippen LogP contribution in [0.5, 0.6) is 0 Å². The number of rotatable bonds is 4. The molecule has 0 unspecified atom stereocenters. The molecule has 6 rings (SSSR count). The molecule has 0 saturated heterocycles. The topological polar surface area (TPSA) is 74.9 Å². The molecule has 0 spiro atoms. The molecule has 6 heteroatoms. The molecule has 4 heterocycles. The predicted octanol–water partition coefficient (Wildman–Crippen LogP) is 6.31. The minimum Gasteiger partial charge on any atom is -0.478 e. The van der Waals surface area contributed by atoms with E-state index in [0.29, 0.717) is 5.56 Å². The Kier molecular flexibility index (Phi) is 7.05. The second-order valence-electron chi connectivity index (χ2n) is 9.46. The zero-order valence-electron chi connectivity index (χ0n) is 21.5. The van der Waals surface area contributed by atoms with Gasteiger partial charge in [-0.05, 0) is 79.4 Å². The van der Waals surface area contributed by atoms with Crippen LogP contribution in [0.2, 0.25) is 0 Å². The molecule has 1 aliphatic rings. The predicted molar refractivity (Wildman–Crippen MR) is 150 cm³/mol. The molecule has 0 amide bonds. The van der Waals surface area contributed by atoms with E-state index in [1.54, 1.807) is 6.07 Å². The fraction of sp³-hybridized carbons (Fsp3) is 0.156. The highest BCUT2D eigenvalue weighted by Gasteiger charge is 2.21. The van der Waals surface area contributed by atoms with Gasteiger partial charge in [0.25, 0.3) is 0 Å². The number of ketones is 1.